The molecule has 0 aromatic heterocycles. The Hall–Kier alpha value is -0.720. The Kier molecular flexibility index (Phi) is 5.70. The lowest BCUT2D eigenvalue weighted by molar-refractivity contribution is 0.449. The summed E-state index contributed by atoms with van der Waals surface area (Å²) in [7, 11) is -2.15. The highest BCUT2D eigenvalue weighted by molar-refractivity contribution is 7.89. The summed E-state index contributed by atoms with van der Waals surface area (Å²) in [4.78, 5) is 0. The van der Waals surface area contributed by atoms with Gasteiger partial charge in [0, 0.05) is 31.1 Å². The van der Waals surface area contributed by atoms with Gasteiger partial charge in [-0.25, -0.2) is 21.5 Å². The average molecular weight is 312 g/mol. The zero-order valence-corrected chi connectivity index (χ0v) is 12.3. The first-order chi connectivity index (χ1) is 8.76. The summed E-state index contributed by atoms with van der Waals surface area (Å²) in [5, 5.41) is 0. The Balaban J connectivity index is 2.81. The molecule has 0 radical (unpaired) electrons. The van der Waals surface area contributed by atoms with E-state index in [1.165, 1.54) is 13.1 Å². The van der Waals surface area contributed by atoms with Crippen molar-refractivity contribution in [1.29, 1.82) is 0 Å². The van der Waals surface area contributed by atoms with Gasteiger partial charge in [0.15, 0.2) is 0 Å². The standard InChI is InChI=1S/C12H16ClF2NO2S/c1-9(6-13)8-19(17,18)16(2)7-10-3-4-11(14)5-12(10)15/h3-5,9H,6-8H2,1-2H3. The van der Waals surface area contributed by atoms with E-state index in [4.69, 9.17) is 11.6 Å². The Morgan fingerprint density at radius 1 is 1.37 bits per heavy atom. The molecule has 3 nitrogen and oxygen atoms in total. The van der Waals surface area contributed by atoms with E-state index in [1.54, 1.807) is 6.92 Å². The minimum atomic E-state index is -3.51. The SMILES string of the molecule is CC(CCl)CS(=O)(=O)N(C)Cc1ccc(F)cc1F. The first kappa shape index (κ1) is 16.3. The first-order valence-electron chi connectivity index (χ1n) is 5.70. The summed E-state index contributed by atoms with van der Waals surface area (Å²) in [6.45, 7) is 1.58. The molecule has 1 rings (SSSR count). The van der Waals surface area contributed by atoms with E-state index >= 15 is 0 Å². The quantitative estimate of drug-likeness (QED) is 0.757. The molecule has 7 heteroatoms. The molecule has 0 aliphatic rings. The van der Waals surface area contributed by atoms with Crippen LogP contribution in [-0.2, 0) is 16.6 Å². The average Bonchev–Trinajstić information content (AvgIpc) is 2.31. The van der Waals surface area contributed by atoms with Crippen LogP contribution in [0.5, 0.6) is 0 Å². The van der Waals surface area contributed by atoms with Crippen LogP contribution in [0.1, 0.15) is 12.5 Å². The van der Waals surface area contributed by atoms with Crippen LogP contribution in [-0.4, -0.2) is 31.4 Å². The lowest BCUT2D eigenvalue weighted by Crippen LogP contribution is -2.31. The molecule has 0 aliphatic carbocycles. The zero-order valence-electron chi connectivity index (χ0n) is 10.7. The molecule has 0 spiro atoms. The van der Waals surface area contributed by atoms with Crippen molar-refractivity contribution in [3.63, 3.8) is 0 Å². The lowest BCUT2D eigenvalue weighted by atomic mass is 10.2. The molecule has 0 heterocycles. The zero-order chi connectivity index (χ0) is 14.6. The maximum absolute atomic E-state index is 13.4. The normalized spacial score (nSPS) is 13.8. The Labute approximate surface area is 117 Å². The fraction of sp³-hybridized carbons (Fsp3) is 0.500. The van der Waals surface area contributed by atoms with Gasteiger partial charge < -0.3 is 0 Å². The number of rotatable bonds is 6. The van der Waals surface area contributed by atoms with Crippen molar-refractivity contribution in [3.05, 3.63) is 35.4 Å². The van der Waals surface area contributed by atoms with Crippen LogP contribution in [0.3, 0.4) is 0 Å². The molecule has 0 saturated heterocycles. The fourth-order valence-electron chi connectivity index (χ4n) is 1.52. The van der Waals surface area contributed by atoms with E-state index < -0.39 is 21.7 Å². The van der Waals surface area contributed by atoms with Gasteiger partial charge in [0.2, 0.25) is 10.0 Å². The molecule has 0 saturated carbocycles. The number of hydrogen-bond donors (Lipinski definition) is 0. The Bertz CT molecular complexity index is 537. The van der Waals surface area contributed by atoms with E-state index in [1.807, 2.05) is 0 Å². The minimum Gasteiger partial charge on any atom is -0.212 e. The van der Waals surface area contributed by atoms with Gasteiger partial charge in [0.05, 0.1) is 5.75 Å². The maximum Gasteiger partial charge on any atom is 0.214 e. The molecule has 0 aliphatic heterocycles. The van der Waals surface area contributed by atoms with Gasteiger partial charge in [-0.3, -0.25) is 0 Å². The second-order valence-electron chi connectivity index (χ2n) is 4.53. The molecular formula is C12H16ClF2NO2S. The van der Waals surface area contributed by atoms with Crippen molar-refractivity contribution < 1.29 is 17.2 Å². The molecule has 1 aromatic rings. The fourth-order valence-corrected chi connectivity index (χ4v) is 3.19. The number of benzene rings is 1. The third-order valence-electron chi connectivity index (χ3n) is 2.64. The summed E-state index contributed by atoms with van der Waals surface area (Å²) < 4.78 is 51.1. The topological polar surface area (TPSA) is 37.4 Å². The molecule has 19 heavy (non-hydrogen) atoms. The van der Waals surface area contributed by atoms with Crippen LogP contribution in [0.25, 0.3) is 0 Å². The predicted molar refractivity (Wildman–Crippen MR) is 71.5 cm³/mol. The third-order valence-corrected chi connectivity index (χ3v) is 5.24. The molecule has 0 amide bonds. The van der Waals surface area contributed by atoms with Crippen molar-refractivity contribution in [2.24, 2.45) is 5.92 Å². The van der Waals surface area contributed by atoms with Gasteiger partial charge in [0.1, 0.15) is 11.6 Å². The monoisotopic (exact) mass is 311 g/mol. The van der Waals surface area contributed by atoms with Crippen LogP contribution < -0.4 is 0 Å². The van der Waals surface area contributed by atoms with E-state index in [0.29, 0.717) is 0 Å². The van der Waals surface area contributed by atoms with Gasteiger partial charge >= 0.3 is 0 Å². The van der Waals surface area contributed by atoms with Crippen molar-refractivity contribution >= 4 is 21.6 Å². The van der Waals surface area contributed by atoms with Gasteiger partial charge in [-0.2, -0.15) is 0 Å². The molecule has 1 aromatic carbocycles. The molecule has 108 valence electrons. The number of sulfonamides is 1. The van der Waals surface area contributed by atoms with Crippen molar-refractivity contribution in [3.8, 4) is 0 Å². The second-order valence-corrected chi connectivity index (χ2v) is 6.96. The van der Waals surface area contributed by atoms with Crippen LogP contribution in [0.15, 0.2) is 18.2 Å². The maximum atomic E-state index is 13.4. The van der Waals surface area contributed by atoms with Crippen molar-refractivity contribution in [2.75, 3.05) is 18.7 Å². The minimum absolute atomic E-state index is 0.101. The predicted octanol–water partition coefficient (Wildman–Crippen LogP) is 2.60. The van der Waals surface area contributed by atoms with Gasteiger partial charge in [-0.1, -0.05) is 13.0 Å². The summed E-state index contributed by atoms with van der Waals surface area (Å²) >= 11 is 5.58. The van der Waals surface area contributed by atoms with Gasteiger partial charge in [-0.05, 0) is 12.0 Å². The smallest absolute Gasteiger partial charge is 0.212 e. The Morgan fingerprint density at radius 2 is 2.00 bits per heavy atom. The van der Waals surface area contributed by atoms with E-state index in [-0.39, 0.29) is 29.7 Å². The van der Waals surface area contributed by atoms with Crippen LogP contribution in [0.2, 0.25) is 0 Å². The Morgan fingerprint density at radius 3 is 2.53 bits per heavy atom. The molecule has 0 N–H and O–H groups in total. The molecule has 1 unspecified atom stereocenters. The third kappa shape index (κ3) is 4.71. The van der Waals surface area contributed by atoms with Crippen LogP contribution in [0.4, 0.5) is 8.78 Å². The highest BCUT2D eigenvalue weighted by Crippen LogP contribution is 2.15. The summed E-state index contributed by atoms with van der Waals surface area (Å²) in [5.41, 5.74) is 0.131. The summed E-state index contributed by atoms with van der Waals surface area (Å²) in [6, 6.07) is 3.07. The van der Waals surface area contributed by atoms with Gasteiger partial charge in [-0.15, -0.1) is 11.6 Å². The van der Waals surface area contributed by atoms with Crippen LogP contribution in [0, 0.1) is 17.6 Å². The number of alkyl halides is 1. The van der Waals surface area contributed by atoms with E-state index in [9.17, 15) is 17.2 Å². The highest BCUT2D eigenvalue weighted by atomic mass is 35.5. The molecule has 0 bridgehead atoms. The van der Waals surface area contributed by atoms with Crippen LogP contribution >= 0.6 is 11.6 Å². The summed E-state index contributed by atoms with van der Waals surface area (Å²) in [5.74, 6) is -1.50. The van der Waals surface area contributed by atoms with E-state index in [0.717, 1.165) is 16.4 Å². The van der Waals surface area contributed by atoms with Crippen molar-refractivity contribution in [2.45, 2.75) is 13.5 Å². The number of halogens is 3. The number of nitrogens with zero attached hydrogens (tertiary/aromatic N) is 1. The second kappa shape index (κ2) is 6.63. The molecule has 1 atom stereocenters. The first-order valence-corrected chi connectivity index (χ1v) is 7.84. The number of hydrogen-bond acceptors (Lipinski definition) is 2. The summed E-state index contributed by atoms with van der Waals surface area (Å²) in [6.07, 6.45) is 0. The van der Waals surface area contributed by atoms with Gasteiger partial charge in [0.25, 0.3) is 0 Å². The molecule has 0 fully saturated rings. The van der Waals surface area contributed by atoms with Crippen molar-refractivity contribution in [1.82, 2.24) is 4.31 Å². The largest absolute Gasteiger partial charge is 0.214 e. The highest BCUT2D eigenvalue weighted by Gasteiger charge is 2.22. The molecular weight excluding hydrogens is 296 g/mol. The lowest BCUT2D eigenvalue weighted by Gasteiger charge is -2.19. The van der Waals surface area contributed by atoms with E-state index in [2.05, 4.69) is 0 Å².